The van der Waals surface area contributed by atoms with E-state index in [9.17, 15) is 5.11 Å². The summed E-state index contributed by atoms with van der Waals surface area (Å²) >= 11 is 1.40. The molecule has 1 aliphatic heterocycles. The Kier molecular flexibility index (Phi) is 2.36. The number of aliphatic hydroxyl groups is 1. The summed E-state index contributed by atoms with van der Waals surface area (Å²) in [5.41, 5.74) is 0.324. The van der Waals surface area contributed by atoms with Gasteiger partial charge in [0.1, 0.15) is 0 Å². The number of hydrogen-bond donors (Lipinski definition) is 2. The first-order valence-corrected chi connectivity index (χ1v) is 5.40. The van der Waals surface area contributed by atoms with Crippen molar-refractivity contribution in [2.24, 2.45) is 5.92 Å². The third-order valence-corrected chi connectivity index (χ3v) is 3.47. The highest BCUT2D eigenvalue weighted by Gasteiger charge is 2.38. The summed E-state index contributed by atoms with van der Waals surface area (Å²) in [6, 6.07) is 0. The summed E-state index contributed by atoms with van der Waals surface area (Å²) in [5, 5.41) is 15.6. The van der Waals surface area contributed by atoms with Gasteiger partial charge < -0.3 is 10.4 Å². The summed E-state index contributed by atoms with van der Waals surface area (Å²) in [7, 11) is 0. The van der Waals surface area contributed by atoms with Crippen molar-refractivity contribution in [3.63, 3.8) is 0 Å². The Morgan fingerprint density at radius 2 is 2.62 bits per heavy atom. The van der Waals surface area contributed by atoms with Gasteiger partial charge in [-0.2, -0.15) is 0 Å². The molecule has 1 aromatic heterocycles. The average molecular weight is 198 g/mol. The van der Waals surface area contributed by atoms with Crippen LogP contribution in [0.4, 0.5) is 0 Å². The van der Waals surface area contributed by atoms with Crippen molar-refractivity contribution in [1.82, 2.24) is 9.69 Å². The highest BCUT2D eigenvalue weighted by molar-refractivity contribution is 7.03. The molecule has 2 atom stereocenters. The van der Waals surface area contributed by atoms with Gasteiger partial charge in [0.2, 0.25) is 0 Å². The third-order valence-electron chi connectivity index (χ3n) is 2.88. The molecule has 13 heavy (non-hydrogen) atoms. The predicted octanol–water partition coefficient (Wildman–Crippen LogP) is 0.960. The van der Waals surface area contributed by atoms with E-state index < -0.39 is 5.60 Å². The molecule has 0 bridgehead atoms. The summed E-state index contributed by atoms with van der Waals surface area (Å²) in [6.45, 7) is 3.84. The van der Waals surface area contributed by atoms with Gasteiger partial charge in [-0.05, 0) is 24.5 Å². The van der Waals surface area contributed by atoms with E-state index in [1.165, 1.54) is 11.5 Å². The summed E-state index contributed by atoms with van der Waals surface area (Å²) in [5.74, 6) is 0.262. The van der Waals surface area contributed by atoms with Gasteiger partial charge in [-0.1, -0.05) is 6.92 Å². The fourth-order valence-electron chi connectivity index (χ4n) is 1.86. The number of nitrogens with zero attached hydrogens (tertiary/aromatic N) is 1. The van der Waals surface area contributed by atoms with E-state index in [-0.39, 0.29) is 5.92 Å². The maximum absolute atomic E-state index is 10.4. The van der Waals surface area contributed by atoms with Gasteiger partial charge in [0.15, 0.2) is 0 Å². The minimum Gasteiger partial charge on any atom is -0.385 e. The van der Waals surface area contributed by atoms with Gasteiger partial charge in [0.25, 0.3) is 0 Å². The number of piperidine rings is 1. The molecule has 0 spiro atoms. The Hall–Kier alpha value is -0.450. The van der Waals surface area contributed by atoms with Gasteiger partial charge in [-0.25, -0.2) is 4.37 Å². The van der Waals surface area contributed by atoms with Crippen molar-refractivity contribution < 1.29 is 5.11 Å². The zero-order valence-corrected chi connectivity index (χ0v) is 8.47. The zero-order chi connectivity index (χ0) is 9.31. The van der Waals surface area contributed by atoms with E-state index in [2.05, 4.69) is 16.6 Å². The standard InChI is InChI=1S/C9H14N2OS/c1-7-4-10-3-2-9(7,12)8-5-11-13-6-8/h5-7,10,12H,2-4H2,1H3. The lowest BCUT2D eigenvalue weighted by molar-refractivity contribution is -0.0390. The van der Waals surface area contributed by atoms with E-state index >= 15 is 0 Å². The van der Waals surface area contributed by atoms with Gasteiger partial charge in [-0.15, -0.1) is 0 Å². The molecule has 1 aromatic rings. The van der Waals surface area contributed by atoms with Crippen LogP contribution in [0, 0.1) is 5.92 Å². The number of hydrogen-bond acceptors (Lipinski definition) is 4. The Morgan fingerprint density at radius 1 is 1.77 bits per heavy atom. The van der Waals surface area contributed by atoms with E-state index in [4.69, 9.17) is 0 Å². The van der Waals surface area contributed by atoms with E-state index in [1.54, 1.807) is 6.20 Å². The highest BCUT2D eigenvalue weighted by Crippen LogP contribution is 2.34. The minimum absolute atomic E-state index is 0.262. The third kappa shape index (κ3) is 1.49. The molecule has 0 amide bonds. The first kappa shape index (κ1) is 9.12. The molecule has 2 rings (SSSR count). The molecular weight excluding hydrogens is 184 g/mol. The van der Waals surface area contributed by atoms with Crippen LogP contribution in [0.5, 0.6) is 0 Å². The van der Waals surface area contributed by atoms with Crippen LogP contribution in [0.2, 0.25) is 0 Å². The first-order valence-electron chi connectivity index (χ1n) is 4.56. The van der Waals surface area contributed by atoms with Crippen LogP contribution >= 0.6 is 11.5 Å². The Bertz CT molecular complexity index is 275. The molecule has 0 aliphatic carbocycles. The van der Waals surface area contributed by atoms with Crippen LogP contribution in [0.3, 0.4) is 0 Å². The molecule has 1 fully saturated rings. The van der Waals surface area contributed by atoms with E-state index in [0.717, 1.165) is 25.1 Å². The quantitative estimate of drug-likeness (QED) is 0.706. The van der Waals surface area contributed by atoms with Crippen LogP contribution in [-0.2, 0) is 5.60 Å². The molecule has 2 heterocycles. The Morgan fingerprint density at radius 3 is 3.23 bits per heavy atom. The molecule has 0 radical (unpaired) electrons. The molecule has 0 aromatic carbocycles. The van der Waals surface area contributed by atoms with E-state index in [1.807, 2.05) is 5.38 Å². The SMILES string of the molecule is CC1CNCCC1(O)c1cnsc1. The number of rotatable bonds is 1. The van der Waals surface area contributed by atoms with Gasteiger partial charge in [0, 0.05) is 29.6 Å². The van der Waals surface area contributed by atoms with Crippen LogP contribution in [-0.4, -0.2) is 22.6 Å². The van der Waals surface area contributed by atoms with Crippen LogP contribution < -0.4 is 5.32 Å². The lowest BCUT2D eigenvalue weighted by Crippen LogP contribution is -2.46. The fraction of sp³-hybridized carbons (Fsp3) is 0.667. The topological polar surface area (TPSA) is 45.1 Å². The second-order valence-electron chi connectivity index (χ2n) is 3.69. The minimum atomic E-state index is -0.655. The Labute approximate surface area is 82.0 Å². The van der Waals surface area contributed by atoms with Gasteiger partial charge in [0.05, 0.1) is 5.60 Å². The maximum Gasteiger partial charge on any atom is 0.0969 e. The molecule has 72 valence electrons. The monoisotopic (exact) mass is 198 g/mol. The summed E-state index contributed by atoms with van der Waals surface area (Å²) < 4.78 is 4.04. The Balaban J connectivity index is 2.27. The largest absolute Gasteiger partial charge is 0.385 e. The molecule has 2 unspecified atom stereocenters. The number of aromatic nitrogens is 1. The number of nitrogens with one attached hydrogen (secondary N) is 1. The molecule has 0 saturated carbocycles. The molecule has 3 nitrogen and oxygen atoms in total. The smallest absolute Gasteiger partial charge is 0.0969 e. The van der Waals surface area contributed by atoms with E-state index in [0.29, 0.717) is 0 Å². The van der Waals surface area contributed by atoms with Crippen molar-refractivity contribution in [2.75, 3.05) is 13.1 Å². The summed E-state index contributed by atoms with van der Waals surface area (Å²) in [6.07, 6.45) is 2.57. The second-order valence-corrected chi connectivity index (χ2v) is 4.35. The fourth-order valence-corrected chi connectivity index (χ4v) is 2.47. The van der Waals surface area contributed by atoms with Crippen molar-refractivity contribution in [1.29, 1.82) is 0 Å². The van der Waals surface area contributed by atoms with Gasteiger partial charge >= 0.3 is 0 Å². The van der Waals surface area contributed by atoms with Crippen molar-refractivity contribution in [3.8, 4) is 0 Å². The van der Waals surface area contributed by atoms with Crippen molar-refractivity contribution >= 4 is 11.5 Å². The molecule has 1 aliphatic rings. The zero-order valence-electron chi connectivity index (χ0n) is 7.66. The molecular formula is C9H14N2OS. The van der Waals surface area contributed by atoms with Crippen molar-refractivity contribution in [2.45, 2.75) is 18.9 Å². The normalized spacial score (nSPS) is 34.8. The van der Waals surface area contributed by atoms with Gasteiger partial charge in [-0.3, -0.25) is 0 Å². The first-order chi connectivity index (χ1) is 6.23. The average Bonchev–Trinajstić information content (AvgIpc) is 2.63. The second kappa shape index (κ2) is 3.36. The lowest BCUT2D eigenvalue weighted by Gasteiger charge is -2.37. The molecule has 1 saturated heterocycles. The maximum atomic E-state index is 10.4. The highest BCUT2D eigenvalue weighted by atomic mass is 32.1. The molecule has 4 heteroatoms. The predicted molar refractivity (Wildman–Crippen MR) is 52.7 cm³/mol. The van der Waals surface area contributed by atoms with Crippen molar-refractivity contribution in [3.05, 3.63) is 17.1 Å². The summed E-state index contributed by atoms with van der Waals surface area (Å²) in [4.78, 5) is 0. The lowest BCUT2D eigenvalue weighted by atomic mass is 9.79. The van der Waals surface area contributed by atoms with Crippen LogP contribution in [0.15, 0.2) is 11.6 Å². The van der Waals surface area contributed by atoms with Crippen LogP contribution in [0.25, 0.3) is 0 Å². The molecule has 2 N–H and O–H groups in total. The van der Waals surface area contributed by atoms with Crippen LogP contribution in [0.1, 0.15) is 18.9 Å².